The van der Waals surface area contributed by atoms with Crippen LogP contribution in [0.5, 0.6) is 5.75 Å². The van der Waals surface area contributed by atoms with E-state index in [-0.39, 0.29) is 16.7 Å². The van der Waals surface area contributed by atoms with E-state index in [1.54, 1.807) is 19.1 Å². The lowest BCUT2D eigenvalue weighted by atomic mass is 10.0. The Morgan fingerprint density at radius 3 is 2.86 bits per heavy atom. The fourth-order valence-electron chi connectivity index (χ4n) is 2.30. The van der Waals surface area contributed by atoms with Gasteiger partial charge in [-0.25, -0.2) is 22.5 Å². The number of hydrogen-bond acceptors (Lipinski definition) is 5. The van der Waals surface area contributed by atoms with Gasteiger partial charge in [0.25, 0.3) is 10.0 Å². The first-order valence-corrected chi connectivity index (χ1v) is 9.06. The number of ether oxygens (including phenoxy) is 1. The summed E-state index contributed by atoms with van der Waals surface area (Å²) in [6, 6.07) is 3.99. The molecule has 2 heterocycles. The number of halogens is 1. The van der Waals surface area contributed by atoms with Gasteiger partial charge in [-0.05, 0) is 19.9 Å². The minimum atomic E-state index is -3.74. The number of nitrogens with one attached hydrogen (secondary N) is 1. The van der Waals surface area contributed by atoms with Gasteiger partial charge in [0, 0.05) is 16.9 Å². The molecule has 22 heavy (non-hydrogen) atoms. The maximum atomic E-state index is 13.7. The average Bonchev–Trinajstić information content (AvgIpc) is 2.81. The molecule has 5 nitrogen and oxygen atoms in total. The predicted molar refractivity (Wildman–Crippen MR) is 81.2 cm³/mol. The molecule has 1 atom stereocenters. The van der Waals surface area contributed by atoms with Gasteiger partial charge in [-0.15, -0.1) is 11.3 Å². The molecule has 0 aliphatic carbocycles. The summed E-state index contributed by atoms with van der Waals surface area (Å²) < 4.78 is 46.6. The highest BCUT2D eigenvalue weighted by atomic mass is 32.2. The van der Waals surface area contributed by atoms with Gasteiger partial charge in [-0.1, -0.05) is 12.1 Å². The predicted octanol–water partition coefficient (Wildman–Crippen LogP) is 2.70. The van der Waals surface area contributed by atoms with Crippen molar-refractivity contribution in [2.75, 3.05) is 6.61 Å². The number of thiazole rings is 1. The van der Waals surface area contributed by atoms with Crippen molar-refractivity contribution in [3.8, 4) is 5.75 Å². The highest BCUT2D eigenvalue weighted by Crippen LogP contribution is 2.35. The largest absolute Gasteiger partial charge is 0.490 e. The summed E-state index contributed by atoms with van der Waals surface area (Å²) in [7, 11) is -3.74. The van der Waals surface area contributed by atoms with Crippen molar-refractivity contribution in [2.24, 2.45) is 0 Å². The molecule has 0 fully saturated rings. The molecule has 118 valence electrons. The summed E-state index contributed by atoms with van der Waals surface area (Å²) in [6.07, 6.45) is 0.443. The van der Waals surface area contributed by atoms with Crippen LogP contribution in [0.25, 0.3) is 0 Å². The molecule has 1 aliphatic rings. The third-order valence-electron chi connectivity index (χ3n) is 3.56. The first-order chi connectivity index (χ1) is 10.4. The first-order valence-electron chi connectivity index (χ1n) is 6.76. The maximum Gasteiger partial charge on any atom is 0.268 e. The van der Waals surface area contributed by atoms with E-state index < -0.39 is 21.9 Å². The van der Waals surface area contributed by atoms with E-state index in [0.717, 1.165) is 16.2 Å². The smallest absolute Gasteiger partial charge is 0.268 e. The SMILES string of the molecule is Cc1nc(S(=O)(=O)N[C@H]2CCOc3c(F)cccc32)sc1C. The van der Waals surface area contributed by atoms with Crippen molar-refractivity contribution in [3.05, 3.63) is 40.2 Å². The standard InChI is InChI=1S/C14H15FN2O3S2/c1-8-9(2)21-14(16-8)22(18,19)17-12-6-7-20-13-10(12)4-3-5-11(13)15/h3-5,12,17H,6-7H2,1-2H3/t12-/m0/s1. The Hall–Kier alpha value is -1.51. The lowest BCUT2D eigenvalue weighted by Crippen LogP contribution is -2.32. The highest BCUT2D eigenvalue weighted by molar-refractivity contribution is 7.91. The van der Waals surface area contributed by atoms with Crippen LogP contribution in [0.4, 0.5) is 4.39 Å². The molecule has 3 rings (SSSR count). The van der Waals surface area contributed by atoms with Crippen LogP contribution in [0.3, 0.4) is 0 Å². The van der Waals surface area contributed by atoms with Crippen molar-refractivity contribution in [1.29, 1.82) is 0 Å². The van der Waals surface area contributed by atoms with E-state index >= 15 is 0 Å². The van der Waals surface area contributed by atoms with Gasteiger partial charge in [0.2, 0.25) is 4.34 Å². The molecule has 0 saturated carbocycles. The fraction of sp³-hybridized carbons (Fsp3) is 0.357. The summed E-state index contributed by atoms with van der Waals surface area (Å²) in [6.45, 7) is 3.85. The normalized spacial score (nSPS) is 17.9. The molecule has 2 aromatic rings. The lowest BCUT2D eigenvalue weighted by Gasteiger charge is -2.26. The topological polar surface area (TPSA) is 68.3 Å². The molecule has 1 aromatic heterocycles. The van der Waals surface area contributed by atoms with Gasteiger partial charge >= 0.3 is 0 Å². The molecule has 0 radical (unpaired) electrons. The number of aryl methyl sites for hydroxylation is 2. The number of nitrogens with zero attached hydrogens (tertiary/aromatic N) is 1. The number of hydrogen-bond donors (Lipinski definition) is 1. The van der Waals surface area contributed by atoms with E-state index in [0.29, 0.717) is 17.7 Å². The molecule has 8 heteroatoms. The van der Waals surface area contributed by atoms with Crippen molar-refractivity contribution in [2.45, 2.75) is 30.6 Å². The van der Waals surface area contributed by atoms with Gasteiger partial charge in [0.05, 0.1) is 18.3 Å². The van der Waals surface area contributed by atoms with Gasteiger partial charge < -0.3 is 4.74 Å². The maximum absolute atomic E-state index is 13.7. The molecule has 0 spiro atoms. The third kappa shape index (κ3) is 2.73. The number of benzene rings is 1. The zero-order valence-corrected chi connectivity index (χ0v) is 13.7. The average molecular weight is 342 g/mol. The van der Waals surface area contributed by atoms with Crippen LogP contribution in [0.15, 0.2) is 22.5 Å². The Morgan fingerprint density at radius 1 is 1.41 bits per heavy atom. The second-order valence-electron chi connectivity index (χ2n) is 5.09. The van der Waals surface area contributed by atoms with E-state index in [4.69, 9.17) is 4.74 Å². The van der Waals surface area contributed by atoms with Crippen LogP contribution in [0.1, 0.15) is 28.6 Å². The fourth-order valence-corrected chi connectivity index (χ4v) is 4.88. The number of sulfonamides is 1. The molecular weight excluding hydrogens is 327 g/mol. The zero-order valence-electron chi connectivity index (χ0n) is 12.1. The Labute approximate surface area is 132 Å². The molecule has 1 aliphatic heterocycles. The van der Waals surface area contributed by atoms with Crippen LogP contribution >= 0.6 is 11.3 Å². The molecule has 0 unspecified atom stereocenters. The van der Waals surface area contributed by atoms with Gasteiger partial charge in [0.1, 0.15) is 0 Å². The quantitative estimate of drug-likeness (QED) is 0.931. The zero-order chi connectivity index (χ0) is 15.9. The molecule has 0 bridgehead atoms. The minimum absolute atomic E-state index is 0.0342. The summed E-state index contributed by atoms with van der Waals surface area (Å²) in [4.78, 5) is 4.94. The van der Waals surface area contributed by atoms with Crippen molar-refractivity contribution < 1.29 is 17.5 Å². The number of aromatic nitrogens is 1. The highest BCUT2D eigenvalue weighted by Gasteiger charge is 2.30. The van der Waals surface area contributed by atoms with Crippen molar-refractivity contribution >= 4 is 21.4 Å². The van der Waals surface area contributed by atoms with Crippen LogP contribution < -0.4 is 9.46 Å². The minimum Gasteiger partial charge on any atom is -0.490 e. The summed E-state index contributed by atoms with van der Waals surface area (Å²) >= 11 is 1.13. The van der Waals surface area contributed by atoms with Crippen LogP contribution in [-0.2, 0) is 10.0 Å². The van der Waals surface area contributed by atoms with E-state index in [9.17, 15) is 12.8 Å². The van der Waals surface area contributed by atoms with Crippen LogP contribution in [0, 0.1) is 19.7 Å². The number of rotatable bonds is 3. The Morgan fingerprint density at radius 2 is 2.18 bits per heavy atom. The summed E-state index contributed by atoms with van der Waals surface area (Å²) in [5, 5.41) is 0. The second kappa shape index (κ2) is 5.60. The van der Waals surface area contributed by atoms with E-state index in [1.165, 1.54) is 6.07 Å². The summed E-state index contributed by atoms with van der Waals surface area (Å²) in [5.41, 5.74) is 1.21. The molecular formula is C14H15FN2O3S2. The molecule has 1 N–H and O–H groups in total. The Bertz CT molecular complexity index is 798. The molecule has 0 amide bonds. The molecule has 0 saturated heterocycles. The Balaban J connectivity index is 1.93. The van der Waals surface area contributed by atoms with E-state index in [1.807, 2.05) is 6.92 Å². The van der Waals surface area contributed by atoms with Crippen molar-refractivity contribution in [1.82, 2.24) is 9.71 Å². The van der Waals surface area contributed by atoms with Gasteiger partial charge in [-0.3, -0.25) is 0 Å². The number of fused-ring (bicyclic) bond motifs is 1. The number of para-hydroxylation sites is 1. The first kappa shape index (κ1) is 15.4. The third-order valence-corrected chi connectivity index (χ3v) is 6.48. The van der Waals surface area contributed by atoms with Crippen molar-refractivity contribution in [3.63, 3.8) is 0 Å². The van der Waals surface area contributed by atoms with Gasteiger partial charge in [-0.2, -0.15) is 0 Å². The van der Waals surface area contributed by atoms with Crippen LogP contribution in [0.2, 0.25) is 0 Å². The van der Waals surface area contributed by atoms with E-state index in [2.05, 4.69) is 9.71 Å². The second-order valence-corrected chi connectivity index (χ2v) is 8.18. The lowest BCUT2D eigenvalue weighted by molar-refractivity contribution is 0.250. The van der Waals surface area contributed by atoms with Gasteiger partial charge in [0.15, 0.2) is 11.6 Å². The Kier molecular flexibility index (Phi) is 3.92. The van der Waals surface area contributed by atoms with Crippen LogP contribution in [-0.4, -0.2) is 20.0 Å². The summed E-state index contributed by atoms with van der Waals surface area (Å²) in [5.74, 6) is -0.365. The molecule has 1 aromatic carbocycles. The monoisotopic (exact) mass is 342 g/mol.